The average molecular weight is 429 g/mol. The van der Waals surface area contributed by atoms with Crippen molar-refractivity contribution >= 4 is 50.1 Å². The number of primary amides is 1. The van der Waals surface area contributed by atoms with E-state index in [9.17, 15) is 14.4 Å². The van der Waals surface area contributed by atoms with Crippen molar-refractivity contribution in [2.24, 2.45) is 5.73 Å². The summed E-state index contributed by atoms with van der Waals surface area (Å²) in [6.45, 7) is 5.91. The predicted octanol–water partition coefficient (Wildman–Crippen LogP) is 2.56. The molecule has 0 aliphatic rings. The Hall–Kier alpha value is -2.20. The molecule has 0 aliphatic heterocycles. The first-order valence-corrected chi connectivity index (χ1v) is 9.05. The van der Waals surface area contributed by atoms with Crippen molar-refractivity contribution in [3.05, 3.63) is 32.4 Å². The summed E-state index contributed by atoms with van der Waals surface area (Å²) in [5.74, 6) is -1.82. The average Bonchev–Trinajstić information content (AvgIpc) is 3.07. The molecule has 10 heteroatoms. The number of halogens is 1. The Morgan fingerprint density at radius 1 is 1.40 bits per heavy atom. The van der Waals surface area contributed by atoms with Crippen LogP contribution in [0, 0.1) is 6.92 Å². The van der Waals surface area contributed by atoms with E-state index in [4.69, 9.17) is 10.5 Å². The summed E-state index contributed by atoms with van der Waals surface area (Å²) >= 11 is 4.21. The van der Waals surface area contributed by atoms with Gasteiger partial charge >= 0.3 is 5.97 Å². The molecule has 0 saturated heterocycles. The third kappa shape index (κ3) is 3.90. The number of amides is 2. The monoisotopic (exact) mass is 428 g/mol. The van der Waals surface area contributed by atoms with Crippen LogP contribution in [0.4, 0.5) is 5.00 Å². The van der Waals surface area contributed by atoms with Crippen molar-refractivity contribution in [1.29, 1.82) is 0 Å². The number of nitrogens with one attached hydrogen (secondary N) is 1. The van der Waals surface area contributed by atoms with Gasteiger partial charge in [0.2, 0.25) is 0 Å². The molecular weight excluding hydrogens is 412 g/mol. The van der Waals surface area contributed by atoms with Crippen LogP contribution in [-0.2, 0) is 11.3 Å². The van der Waals surface area contributed by atoms with E-state index >= 15 is 0 Å². The third-order valence-electron chi connectivity index (χ3n) is 3.33. The quantitative estimate of drug-likeness (QED) is 0.685. The highest BCUT2D eigenvalue weighted by Crippen LogP contribution is 2.34. The van der Waals surface area contributed by atoms with Gasteiger partial charge in [0.25, 0.3) is 11.8 Å². The van der Waals surface area contributed by atoms with Crippen LogP contribution in [-0.4, -0.2) is 34.2 Å². The molecule has 8 nitrogen and oxygen atoms in total. The predicted molar refractivity (Wildman–Crippen MR) is 97.1 cm³/mol. The Bertz CT molecular complexity index is 843. The lowest BCUT2D eigenvalue weighted by atomic mass is 10.1. The number of carbonyl (C=O) groups excluding carboxylic acids is 3. The first kappa shape index (κ1) is 19.1. The number of ether oxygens (including phenoxy) is 1. The molecule has 3 N–H and O–H groups in total. The molecule has 2 aromatic rings. The number of anilines is 1. The molecule has 134 valence electrons. The van der Waals surface area contributed by atoms with E-state index in [-0.39, 0.29) is 27.7 Å². The summed E-state index contributed by atoms with van der Waals surface area (Å²) < 4.78 is 7.13. The summed E-state index contributed by atoms with van der Waals surface area (Å²) in [4.78, 5) is 36.5. The molecule has 2 heterocycles. The highest BCUT2D eigenvalue weighted by molar-refractivity contribution is 9.10. The number of hydrogen-bond donors (Lipinski definition) is 2. The molecule has 0 atom stereocenters. The molecule has 0 unspecified atom stereocenters. The topological polar surface area (TPSA) is 116 Å². The molecular formula is C15H17BrN4O4S. The maximum Gasteiger partial charge on any atom is 0.341 e. The second-order valence-electron chi connectivity index (χ2n) is 4.98. The van der Waals surface area contributed by atoms with Gasteiger partial charge in [0, 0.05) is 12.7 Å². The maximum atomic E-state index is 12.5. The second kappa shape index (κ2) is 7.79. The molecule has 0 aromatic carbocycles. The van der Waals surface area contributed by atoms with Crippen LogP contribution < -0.4 is 11.1 Å². The number of aromatic nitrogens is 2. The minimum absolute atomic E-state index is 0.125. The Kier molecular flexibility index (Phi) is 5.96. The van der Waals surface area contributed by atoms with Crippen molar-refractivity contribution < 1.29 is 19.1 Å². The number of aryl methyl sites for hydroxylation is 1. The zero-order chi connectivity index (χ0) is 18.7. The zero-order valence-corrected chi connectivity index (χ0v) is 16.3. The first-order valence-electron chi connectivity index (χ1n) is 7.44. The van der Waals surface area contributed by atoms with Crippen LogP contribution in [0.25, 0.3) is 0 Å². The largest absolute Gasteiger partial charge is 0.462 e. The SMILES string of the molecule is CCOC(=O)c1c(NC(=O)c2nn(CC)cc2Br)sc(C(N)=O)c1C. The first-order chi connectivity index (χ1) is 11.8. The summed E-state index contributed by atoms with van der Waals surface area (Å²) in [6.07, 6.45) is 1.68. The Balaban J connectivity index is 2.42. The van der Waals surface area contributed by atoms with Gasteiger partial charge in [-0.1, -0.05) is 0 Å². The van der Waals surface area contributed by atoms with Crippen molar-refractivity contribution in [2.45, 2.75) is 27.3 Å². The number of hydrogen-bond acceptors (Lipinski definition) is 6. The molecule has 0 bridgehead atoms. The van der Waals surface area contributed by atoms with Crippen LogP contribution in [0.1, 0.15) is 49.9 Å². The molecule has 2 aromatic heterocycles. The summed E-state index contributed by atoms with van der Waals surface area (Å²) in [6, 6.07) is 0. The van der Waals surface area contributed by atoms with Gasteiger partial charge in [-0.25, -0.2) is 4.79 Å². The summed E-state index contributed by atoms with van der Waals surface area (Å²) in [7, 11) is 0. The summed E-state index contributed by atoms with van der Waals surface area (Å²) in [5, 5.41) is 6.98. The smallest absolute Gasteiger partial charge is 0.341 e. The third-order valence-corrected chi connectivity index (χ3v) is 5.14. The fourth-order valence-electron chi connectivity index (χ4n) is 2.16. The zero-order valence-electron chi connectivity index (χ0n) is 13.9. The maximum absolute atomic E-state index is 12.5. The lowest BCUT2D eigenvalue weighted by Crippen LogP contribution is -2.16. The molecule has 2 rings (SSSR count). The number of rotatable bonds is 6. The summed E-state index contributed by atoms with van der Waals surface area (Å²) in [5.41, 5.74) is 6.02. The molecule has 0 aliphatic carbocycles. The second-order valence-corrected chi connectivity index (χ2v) is 6.86. The van der Waals surface area contributed by atoms with Crippen molar-refractivity contribution in [1.82, 2.24) is 9.78 Å². The Morgan fingerprint density at radius 2 is 2.08 bits per heavy atom. The van der Waals surface area contributed by atoms with Gasteiger partial charge in [-0.3, -0.25) is 14.3 Å². The van der Waals surface area contributed by atoms with E-state index < -0.39 is 17.8 Å². The standard InChI is InChI=1S/C15H17BrN4O4S/c1-4-20-6-8(16)10(19-20)13(22)18-14-9(15(23)24-5-2)7(3)11(25-14)12(17)21/h6H,4-5H2,1-3H3,(H2,17,21)(H,18,22). The molecule has 25 heavy (non-hydrogen) atoms. The highest BCUT2D eigenvalue weighted by Gasteiger charge is 2.27. The number of carbonyl (C=O) groups is 3. The lowest BCUT2D eigenvalue weighted by Gasteiger charge is -2.06. The van der Waals surface area contributed by atoms with Crippen LogP contribution in [0.15, 0.2) is 10.7 Å². The van der Waals surface area contributed by atoms with Gasteiger partial charge in [-0.05, 0) is 42.3 Å². The van der Waals surface area contributed by atoms with Crippen LogP contribution in [0.3, 0.4) is 0 Å². The highest BCUT2D eigenvalue weighted by atomic mass is 79.9. The van der Waals surface area contributed by atoms with E-state index in [0.29, 0.717) is 16.6 Å². The molecule has 0 fully saturated rings. The Morgan fingerprint density at radius 3 is 2.60 bits per heavy atom. The van der Waals surface area contributed by atoms with Gasteiger partial charge in [0.05, 0.1) is 21.5 Å². The van der Waals surface area contributed by atoms with E-state index in [1.54, 1.807) is 24.7 Å². The minimum Gasteiger partial charge on any atom is -0.462 e. The van der Waals surface area contributed by atoms with Gasteiger partial charge < -0.3 is 15.8 Å². The van der Waals surface area contributed by atoms with Gasteiger partial charge in [0.15, 0.2) is 5.69 Å². The minimum atomic E-state index is -0.676. The molecule has 0 saturated carbocycles. The lowest BCUT2D eigenvalue weighted by molar-refractivity contribution is 0.0527. The van der Waals surface area contributed by atoms with Crippen LogP contribution >= 0.6 is 27.3 Å². The fraction of sp³-hybridized carbons (Fsp3) is 0.333. The molecule has 0 radical (unpaired) electrons. The van der Waals surface area contributed by atoms with Gasteiger partial charge in [-0.15, -0.1) is 11.3 Å². The van der Waals surface area contributed by atoms with Crippen LogP contribution in [0.5, 0.6) is 0 Å². The van der Waals surface area contributed by atoms with E-state index in [0.717, 1.165) is 11.3 Å². The fourth-order valence-corrected chi connectivity index (χ4v) is 3.70. The number of nitrogens with zero attached hydrogens (tertiary/aromatic N) is 2. The van der Waals surface area contributed by atoms with Crippen molar-refractivity contribution in [3.63, 3.8) is 0 Å². The molecule has 2 amide bonds. The number of esters is 1. The Labute approximate surface area is 156 Å². The van der Waals surface area contributed by atoms with Gasteiger partial charge in [0.1, 0.15) is 5.00 Å². The van der Waals surface area contributed by atoms with E-state index in [1.807, 2.05) is 6.92 Å². The number of nitrogens with two attached hydrogens (primary N) is 1. The van der Waals surface area contributed by atoms with E-state index in [2.05, 4.69) is 26.3 Å². The van der Waals surface area contributed by atoms with Crippen LogP contribution in [0.2, 0.25) is 0 Å². The van der Waals surface area contributed by atoms with Gasteiger partial charge in [-0.2, -0.15) is 5.10 Å². The molecule has 0 spiro atoms. The number of thiophene rings is 1. The normalized spacial score (nSPS) is 10.6. The van der Waals surface area contributed by atoms with Crippen molar-refractivity contribution in [2.75, 3.05) is 11.9 Å². The van der Waals surface area contributed by atoms with E-state index in [1.165, 1.54) is 0 Å². The van der Waals surface area contributed by atoms with Crippen molar-refractivity contribution in [3.8, 4) is 0 Å².